The molecule has 1 fully saturated rings. The Kier molecular flexibility index (Phi) is 6.32. The number of nitrogens with one attached hydrogen (secondary N) is 2. The quantitative estimate of drug-likeness (QED) is 0.392. The zero-order valence-electron chi connectivity index (χ0n) is 19.7. The van der Waals surface area contributed by atoms with E-state index in [1.54, 1.807) is 31.4 Å². The van der Waals surface area contributed by atoms with Crippen molar-refractivity contribution >= 4 is 22.5 Å². The Hall–Kier alpha value is -3.64. The minimum absolute atomic E-state index is 0.0720. The van der Waals surface area contributed by atoms with Crippen LogP contribution in [-0.4, -0.2) is 41.0 Å². The lowest BCUT2D eigenvalue weighted by Crippen LogP contribution is -2.35. The number of aryl methyl sites for hydroxylation is 1. The number of likely N-dealkylation sites (tertiary alicyclic amines) is 1. The Morgan fingerprint density at radius 3 is 2.56 bits per heavy atom. The fourth-order valence-electron chi connectivity index (χ4n) is 4.96. The third-order valence-electron chi connectivity index (χ3n) is 6.64. The highest BCUT2D eigenvalue weighted by Gasteiger charge is 2.29. The number of piperidine rings is 1. The molecule has 1 saturated heterocycles. The van der Waals surface area contributed by atoms with Gasteiger partial charge in [-0.3, -0.25) is 14.7 Å². The van der Waals surface area contributed by atoms with Gasteiger partial charge in [0, 0.05) is 39.6 Å². The highest BCUT2D eigenvalue weighted by Crippen LogP contribution is 2.37. The molecule has 0 unspecified atom stereocenters. The van der Waals surface area contributed by atoms with Crippen molar-refractivity contribution in [3.05, 3.63) is 89.4 Å². The van der Waals surface area contributed by atoms with Crippen LogP contribution in [0.2, 0.25) is 0 Å². The summed E-state index contributed by atoms with van der Waals surface area (Å²) in [4.78, 5) is 23.7. The highest BCUT2D eigenvalue weighted by atomic mass is 16.5. The second kappa shape index (κ2) is 9.69. The molecule has 34 heavy (non-hydrogen) atoms. The summed E-state index contributed by atoms with van der Waals surface area (Å²) in [5, 5.41) is 4.18. The standard InChI is InChI=1S/C28H30N4O2/c1-19-26(27(25-8-4-5-15-29-25)32-16-6-3-7-17-32)23-18-21(11-14-24(23)30-19)31-28(33)20-9-12-22(34-2)13-10-20/h4-5,8-15,18,27,30H,3,6-7,16-17H2,1-2H3,(H,31,33)/t27-/m0/s1. The van der Waals surface area contributed by atoms with Crippen molar-refractivity contribution in [2.45, 2.75) is 32.2 Å². The van der Waals surface area contributed by atoms with E-state index < -0.39 is 0 Å². The topological polar surface area (TPSA) is 70.2 Å². The number of H-pyrrole nitrogens is 1. The summed E-state index contributed by atoms with van der Waals surface area (Å²) in [5.74, 6) is 0.580. The normalized spacial score (nSPS) is 15.2. The summed E-state index contributed by atoms with van der Waals surface area (Å²) in [7, 11) is 1.61. The number of methoxy groups -OCH3 is 1. The monoisotopic (exact) mass is 454 g/mol. The minimum atomic E-state index is -0.145. The van der Waals surface area contributed by atoms with Gasteiger partial charge < -0.3 is 15.0 Å². The average molecular weight is 455 g/mol. The summed E-state index contributed by atoms with van der Waals surface area (Å²) in [6.45, 7) is 4.24. The van der Waals surface area contributed by atoms with Crippen molar-refractivity contribution in [1.29, 1.82) is 0 Å². The van der Waals surface area contributed by atoms with Crippen molar-refractivity contribution < 1.29 is 9.53 Å². The molecule has 0 spiro atoms. The lowest BCUT2D eigenvalue weighted by Gasteiger charge is -2.34. The number of aromatic amines is 1. The Balaban J connectivity index is 1.52. The first-order valence-electron chi connectivity index (χ1n) is 11.9. The lowest BCUT2D eigenvalue weighted by atomic mass is 9.95. The van der Waals surface area contributed by atoms with E-state index in [-0.39, 0.29) is 11.9 Å². The van der Waals surface area contributed by atoms with Crippen LogP contribution in [-0.2, 0) is 0 Å². The number of carbonyl (C=O) groups is 1. The molecule has 1 atom stereocenters. The minimum Gasteiger partial charge on any atom is -0.497 e. The van der Waals surface area contributed by atoms with Gasteiger partial charge in [-0.05, 0) is 87.5 Å². The van der Waals surface area contributed by atoms with Crippen molar-refractivity contribution in [1.82, 2.24) is 14.9 Å². The van der Waals surface area contributed by atoms with Gasteiger partial charge in [0.25, 0.3) is 5.91 Å². The van der Waals surface area contributed by atoms with Gasteiger partial charge in [0.05, 0.1) is 18.8 Å². The smallest absolute Gasteiger partial charge is 0.255 e. The maximum atomic E-state index is 12.9. The predicted molar refractivity (Wildman–Crippen MR) is 135 cm³/mol. The van der Waals surface area contributed by atoms with Crippen LogP contribution in [0, 0.1) is 6.92 Å². The molecule has 1 aliphatic heterocycles. The number of benzene rings is 2. The van der Waals surface area contributed by atoms with Gasteiger partial charge in [-0.25, -0.2) is 0 Å². The Labute approximate surface area is 200 Å². The van der Waals surface area contributed by atoms with Crippen LogP contribution >= 0.6 is 0 Å². The molecule has 0 bridgehead atoms. The van der Waals surface area contributed by atoms with E-state index in [0.717, 1.165) is 46.8 Å². The number of carbonyl (C=O) groups excluding carboxylic acids is 1. The number of aromatic nitrogens is 2. The number of nitrogens with zero attached hydrogens (tertiary/aromatic N) is 2. The van der Waals surface area contributed by atoms with Gasteiger partial charge >= 0.3 is 0 Å². The highest BCUT2D eigenvalue weighted by molar-refractivity contribution is 6.05. The molecule has 0 aliphatic carbocycles. The van der Waals surface area contributed by atoms with Crippen LogP contribution in [0.15, 0.2) is 66.9 Å². The maximum Gasteiger partial charge on any atom is 0.255 e. The number of ether oxygens (including phenoxy) is 1. The van der Waals surface area contributed by atoms with Crippen LogP contribution in [0.25, 0.3) is 10.9 Å². The zero-order valence-corrected chi connectivity index (χ0v) is 19.7. The Morgan fingerprint density at radius 1 is 1.06 bits per heavy atom. The first-order valence-corrected chi connectivity index (χ1v) is 11.9. The van der Waals surface area contributed by atoms with E-state index in [4.69, 9.17) is 9.72 Å². The van der Waals surface area contributed by atoms with E-state index in [2.05, 4.69) is 40.3 Å². The summed E-state index contributed by atoms with van der Waals surface area (Å²) in [6.07, 6.45) is 5.55. The molecule has 174 valence electrons. The molecule has 5 rings (SSSR count). The van der Waals surface area contributed by atoms with Gasteiger partial charge in [-0.1, -0.05) is 12.5 Å². The van der Waals surface area contributed by atoms with E-state index >= 15 is 0 Å². The Bertz CT molecular complexity index is 1280. The molecule has 2 aromatic carbocycles. The number of rotatable bonds is 6. The largest absolute Gasteiger partial charge is 0.497 e. The number of fused-ring (bicyclic) bond motifs is 1. The number of anilines is 1. The first kappa shape index (κ1) is 22.2. The summed E-state index contributed by atoms with van der Waals surface area (Å²) in [5.41, 5.74) is 5.85. The van der Waals surface area contributed by atoms with E-state index in [9.17, 15) is 4.79 Å². The fourth-order valence-corrected chi connectivity index (χ4v) is 4.96. The number of hydrogen-bond acceptors (Lipinski definition) is 4. The third kappa shape index (κ3) is 4.41. The van der Waals surface area contributed by atoms with Gasteiger partial charge in [0.15, 0.2) is 0 Å². The molecule has 4 aromatic rings. The average Bonchev–Trinajstić information content (AvgIpc) is 3.20. The van der Waals surface area contributed by atoms with Gasteiger partial charge in [0.1, 0.15) is 5.75 Å². The maximum absolute atomic E-state index is 12.9. The van der Waals surface area contributed by atoms with Crippen LogP contribution < -0.4 is 10.1 Å². The van der Waals surface area contributed by atoms with Crippen molar-refractivity contribution in [3.8, 4) is 5.75 Å². The molecule has 6 heteroatoms. The number of hydrogen-bond donors (Lipinski definition) is 2. The van der Waals surface area contributed by atoms with E-state index in [1.807, 2.05) is 24.4 Å². The molecule has 2 aromatic heterocycles. The van der Waals surface area contributed by atoms with E-state index in [1.165, 1.54) is 24.8 Å². The molecule has 2 N–H and O–H groups in total. The van der Waals surface area contributed by atoms with Gasteiger partial charge in [-0.15, -0.1) is 0 Å². The van der Waals surface area contributed by atoms with Gasteiger partial charge in [-0.2, -0.15) is 0 Å². The second-order valence-electron chi connectivity index (χ2n) is 8.86. The summed E-state index contributed by atoms with van der Waals surface area (Å²) < 4.78 is 5.20. The molecule has 3 heterocycles. The molecule has 1 amide bonds. The van der Waals surface area contributed by atoms with Crippen LogP contribution in [0.5, 0.6) is 5.75 Å². The molecular formula is C28H30N4O2. The fraction of sp³-hybridized carbons (Fsp3) is 0.286. The van der Waals surface area contributed by atoms with Crippen molar-refractivity contribution in [3.63, 3.8) is 0 Å². The zero-order chi connectivity index (χ0) is 23.5. The van der Waals surface area contributed by atoms with Crippen molar-refractivity contribution in [2.24, 2.45) is 0 Å². The number of amides is 1. The predicted octanol–water partition coefficient (Wildman–Crippen LogP) is 5.71. The molecule has 0 saturated carbocycles. The van der Waals surface area contributed by atoms with Crippen molar-refractivity contribution in [2.75, 3.05) is 25.5 Å². The Morgan fingerprint density at radius 2 is 1.85 bits per heavy atom. The summed E-state index contributed by atoms with van der Waals surface area (Å²) >= 11 is 0. The first-order chi connectivity index (χ1) is 16.6. The van der Waals surface area contributed by atoms with Crippen LogP contribution in [0.3, 0.4) is 0 Å². The molecule has 1 aliphatic rings. The van der Waals surface area contributed by atoms with Crippen LogP contribution in [0.1, 0.15) is 52.6 Å². The second-order valence-corrected chi connectivity index (χ2v) is 8.86. The molecule has 0 radical (unpaired) electrons. The molecular weight excluding hydrogens is 424 g/mol. The van der Waals surface area contributed by atoms with Crippen LogP contribution in [0.4, 0.5) is 5.69 Å². The van der Waals surface area contributed by atoms with Gasteiger partial charge in [0.2, 0.25) is 0 Å². The lowest BCUT2D eigenvalue weighted by molar-refractivity contribution is 0.102. The summed E-state index contributed by atoms with van der Waals surface area (Å²) in [6, 6.07) is 19.4. The SMILES string of the molecule is COc1ccc(C(=O)Nc2ccc3[nH]c(C)c([C@H](c4ccccn4)N4CCCCC4)c3c2)cc1. The van der Waals surface area contributed by atoms with E-state index in [0.29, 0.717) is 5.56 Å². The number of pyridine rings is 1. The molecule has 6 nitrogen and oxygen atoms in total. The third-order valence-corrected chi connectivity index (χ3v) is 6.64.